The fraction of sp³-hybridized carbons (Fsp3) is 0.429. The molecule has 6 nitrogen and oxygen atoms in total. The fourth-order valence-corrected chi connectivity index (χ4v) is 2.20. The smallest absolute Gasteiger partial charge is 0.411 e. The molecule has 0 spiro atoms. The predicted molar refractivity (Wildman–Crippen MR) is 75.0 cm³/mol. The zero-order chi connectivity index (χ0) is 14.5. The zero-order valence-electron chi connectivity index (χ0n) is 11.6. The normalized spacial score (nSPS) is 13.0. The summed E-state index contributed by atoms with van der Waals surface area (Å²) in [5.74, 6) is -0.0838. The van der Waals surface area contributed by atoms with Crippen LogP contribution in [-0.2, 0) is 20.7 Å². The molecule has 0 aliphatic carbocycles. The maximum Gasteiger partial charge on any atom is 0.411 e. The fourth-order valence-electron chi connectivity index (χ4n) is 2.20. The van der Waals surface area contributed by atoms with E-state index in [0.717, 1.165) is 17.7 Å². The number of methoxy groups -OCH3 is 1. The van der Waals surface area contributed by atoms with Gasteiger partial charge in [0.2, 0.25) is 0 Å². The van der Waals surface area contributed by atoms with E-state index in [4.69, 9.17) is 9.47 Å². The van der Waals surface area contributed by atoms with Crippen LogP contribution < -0.4 is 10.2 Å². The molecule has 0 aromatic heterocycles. The number of amides is 2. The summed E-state index contributed by atoms with van der Waals surface area (Å²) >= 11 is 0. The van der Waals surface area contributed by atoms with Crippen molar-refractivity contribution < 1.29 is 19.1 Å². The van der Waals surface area contributed by atoms with Gasteiger partial charge in [-0.15, -0.1) is 0 Å². The molecule has 0 radical (unpaired) electrons. The first-order valence-electron chi connectivity index (χ1n) is 6.51. The Kier molecular flexibility index (Phi) is 4.57. The number of hydrogen-bond acceptors (Lipinski definition) is 4. The Morgan fingerprint density at radius 1 is 1.40 bits per heavy atom. The van der Waals surface area contributed by atoms with Crippen molar-refractivity contribution in [3.8, 4) is 0 Å². The van der Waals surface area contributed by atoms with Crippen molar-refractivity contribution in [1.29, 1.82) is 0 Å². The number of benzene rings is 1. The molecule has 1 aromatic rings. The van der Waals surface area contributed by atoms with Crippen LogP contribution in [-0.4, -0.2) is 38.9 Å². The van der Waals surface area contributed by atoms with Crippen molar-refractivity contribution in [3.63, 3.8) is 0 Å². The minimum Gasteiger partial charge on any atom is -0.450 e. The first-order chi connectivity index (χ1) is 9.65. The SMILES string of the molecule is CCOC(=O)Nc1ccc2c(c1)N(C(=O)COC)CC2. The van der Waals surface area contributed by atoms with Crippen molar-refractivity contribution in [3.05, 3.63) is 23.8 Å². The van der Waals surface area contributed by atoms with Crippen LogP contribution in [0, 0.1) is 0 Å². The van der Waals surface area contributed by atoms with Crippen molar-refractivity contribution in [2.45, 2.75) is 13.3 Å². The Morgan fingerprint density at radius 3 is 2.90 bits per heavy atom. The van der Waals surface area contributed by atoms with Gasteiger partial charge in [-0.2, -0.15) is 0 Å². The molecule has 1 aromatic carbocycles. The van der Waals surface area contributed by atoms with Crippen LogP contribution >= 0.6 is 0 Å². The molecule has 1 aliphatic heterocycles. The zero-order valence-corrected chi connectivity index (χ0v) is 11.6. The summed E-state index contributed by atoms with van der Waals surface area (Å²) in [7, 11) is 1.49. The third-order valence-corrected chi connectivity index (χ3v) is 3.07. The van der Waals surface area contributed by atoms with Gasteiger partial charge in [0.25, 0.3) is 5.91 Å². The van der Waals surface area contributed by atoms with Crippen molar-refractivity contribution in [1.82, 2.24) is 0 Å². The molecule has 1 N–H and O–H groups in total. The summed E-state index contributed by atoms with van der Waals surface area (Å²) in [6.45, 7) is 2.75. The predicted octanol–water partition coefficient (Wildman–Crippen LogP) is 1.79. The minimum atomic E-state index is -0.500. The molecule has 0 fully saturated rings. The highest BCUT2D eigenvalue weighted by Gasteiger charge is 2.24. The lowest BCUT2D eigenvalue weighted by molar-refractivity contribution is -0.122. The van der Waals surface area contributed by atoms with Crippen LogP contribution in [0.3, 0.4) is 0 Å². The van der Waals surface area contributed by atoms with Gasteiger partial charge in [-0.25, -0.2) is 4.79 Å². The van der Waals surface area contributed by atoms with Crippen molar-refractivity contribution in [2.24, 2.45) is 0 Å². The lowest BCUT2D eigenvalue weighted by atomic mass is 10.1. The Hall–Kier alpha value is -2.08. The van der Waals surface area contributed by atoms with Crippen molar-refractivity contribution >= 4 is 23.4 Å². The summed E-state index contributed by atoms with van der Waals surface area (Å²) in [6, 6.07) is 5.50. The molecule has 0 saturated heterocycles. The number of carbonyl (C=O) groups excluding carboxylic acids is 2. The second-order valence-corrected chi connectivity index (χ2v) is 4.42. The molecule has 20 heavy (non-hydrogen) atoms. The maximum absolute atomic E-state index is 11.9. The first kappa shape index (κ1) is 14.3. The van der Waals surface area contributed by atoms with Crippen LogP contribution in [0.25, 0.3) is 0 Å². The molecule has 0 unspecified atom stereocenters. The summed E-state index contributed by atoms with van der Waals surface area (Å²) in [5, 5.41) is 2.63. The summed E-state index contributed by atoms with van der Waals surface area (Å²) in [6.07, 6.45) is 0.310. The van der Waals surface area contributed by atoms with E-state index < -0.39 is 6.09 Å². The van der Waals surface area contributed by atoms with Crippen LogP contribution in [0.2, 0.25) is 0 Å². The maximum atomic E-state index is 11.9. The molecular formula is C14H18N2O4. The molecule has 0 bridgehead atoms. The van der Waals surface area contributed by atoms with Gasteiger partial charge in [0.15, 0.2) is 0 Å². The molecule has 1 aliphatic rings. The average Bonchev–Trinajstić information content (AvgIpc) is 2.82. The highest BCUT2D eigenvalue weighted by Crippen LogP contribution is 2.31. The summed E-state index contributed by atoms with van der Waals surface area (Å²) in [5.41, 5.74) is 2.52. The number of anilines is 2. The Labute approximate surface area is 117 Å². The van der Waals surface area contributed by atoms with Crippen molar-refractivity contribution in [2.75, 3.05) is 37.1 Å². The van der Waals surface area contributed by atoms with E-state index in [1.54, 1.807) is 24.0 Å². The van der Waals surface area contributed by atoms with Gasteiger partial charge in [0.1, 0.15) is 6.61 Å². The molecular weight excluding hydrogens is 260 g/mol. The van der Waals surface area contributed by atoms with Crippen LogP contribution in [0.4, 0.5) is 16.2 Å². The van der Waals surface area contributed by atoms with Gasteiger partial charge in [0.05, 0.1) is 6.61 Å². The van der Waals surface area contributed by atoms with E-state index in [0.29, 0.717) is 18.8 Å². The topological polar surface area (TPSA) is 67.9 Å². The number of fused-ring (bicyclic) bond motifs is 1. The van der Waals surface area contributed by atoms with Gasteiger partial charge in [-0.3, -0.25) is 10.1 Å². The van der Waals surface area contributed by atoms with Gasteiger partial charge in [-0.1, -0.05) is 6.07 Å². The van der Waals surface area contributed by atoms with Gasteiger partial charge < -0.3 is 14.4 Å². The monoisotopic (exact) mass is 278 g/mol. The first-order valence-corrected chi connectivity index (χ1v) is 6.51. The van der Waals surface area contributed by atoms with E-state index in [1.165, 1.54) is 7.11 Å². The highest BCUT2D eigenvalue weighted by atomic mass is 16.5. The molecule has 0 saturated carbocycles. The number of rotatable bonds is 4. The Bertz CT molecular complexity index is 516. The second-order valence-electron chi connectivity index (χ2n) is 4.42. The van der Waals surface area contributed by atoms with E-state index in [2.05, 4.69) is 5.32 Å². The molecule has 0 atom stereocenters. The standard InChI is InChI=1S/C14H18N2O4/c1-3-20-14(18)15-11-5-4-10-6-7-16(12(10)8-11)13(17)9-19-2/h4-5,8H,3,6-7,9H2,1-2H3,(H,15,18). The van der Waals surface area contributed by atoms with E-state index in [1.807, 2.05) is 6.07 Å². The largest absolute Gasteiger partial charge is 0.450 e. The average molecular weight is 278 g/mol. The number of nitrogens with one attached hydrogen (secondary N) is 1. The van der Waals surface area contributed by atoms with E-state index in [-0.39, 0.29) is 12.5 Å². The molecule has 1 heterocycles. The van der Waals surface area contributed by atoms with Crippen LogP contribution in [0.1, 0.15) is 12.5 Å². The molecule has 2 rings (SSSR count). The second kappa shape index (κ2) is 6.38. The minimum absolute atomic E-state index is 0.0506. The number of hydrogen-bond donors (Lipinski definition) is 1. The lowest BCUT2D eigenvalue weighted by Gasteiger charge is -2.17. The van der Waals surface area contributed by atoms with Crippen LogP contribution in [0.15, 0.2) is 18.2 Å². The van der Waals surface area contributed by atoms with E-state index >= 15 is 0 Å². The Morgan fingerprint density at radius 2 is 2.20 bits per heavy atom. The summed E-state index contributed by atoms with van der Waals surface area (Å²) in [4.78, 5) is 25.0. The van der Waals surface area contributed by atoms with Gasteiger partial charge in [-0.05, 0) is 31.0 Å². The Balaban J connectivity index is 2.15. The molecule has 2 amide bonds. The van der Waals surface area contributed by atoms with Gasteiger partial charge >= 0.3 is 6.09 Å². The quantitative estimate of drug-likeness (QED) is 0.911. The van der Waals surface area contributed by atoms with E-state index in [9.17, 15) is 9.59 Å². The number of carbonyl (C=O) groups is 2. The third-order valence-electron chi connectivity index (χ3n) is 3.07. The molecule has 108 valence electrons. The lowest BCUT2D eigenvalue weighted by Crippen LogP contribution is -2.32. The van der Waals surface area contributed by atoms with Gasteiger partial charge in [0, 0.05) is 25.0 Å². The highest BCUT2D eigenvalue weighted by molar-refractivity contribution is 5.97. The van der Waals surface area contributed by atoms with Crippen LogP contribution in [0.5, 0.6) is 0 Å². The third kappa shape index (κ3) is 3.08. The molecule has 6 heteroatoms. The number of nitrogens with zero attached hydrogens (tertiary/aromatic N) is 1. The number of ether oxygens (including phenoxy) is 2. The summed E-state index contributed by atoms with van der Waals surface area (Å²) < 4.78 is 9.70.